The predicted octanol–water partition coefficient (Wildman–Crippen LogP) is 2.57. The molecule has 1 N–H and O–H groups in total. The van der Waals surface area contributed by atoms with Gasteiger partial charge in [0.1, 0.15) is 0 Å². The summed E-state index contributed by atoms with van der Waals surface area (Å²) in [6.07, 6.45) is 3.97. The van der Waals surface area contributed by atoms with E-state index in [1.54, 1.807) is 0 Å². The van der Waals surface area contributed by atoms with E-state index in [0.717, 1.165) is 19.1 Å². The molecule has 0 bridgehead atoms. The molecule has 3 nitrogen and oxygen atoms in total. The van der Waals surface area contributed by atoms with Crippen LogP contribution in [0.1, 0.15) is 44.5 Å². The Bertz CT molecular complexity index is 437. The van der Waals surface area contributed by atoms with E-state index in [1.807, 2.05) is 0 Å². The molecule has 104 valence electrons. The number of likely N-dealkylation sites (tertiary alicyclic amines) is 1. The highest BCUT2D eigenvalue weighted by Gasteiger charge is 2.29. The van der Waals surface area contributed by atoms with Crippen molar-refractivity contribution in [2.45, 2.75) is 52.2 Å². The average molecular weight is 259 g/mol. The van der Waals surface area contributed by atoms with Crippen LogP contribution >= 0.6 is 0 Å². The van der Waals surface area contributed by atoms with Gasteiger partial charge in [0.2, 0.25) is 0 Å². The van der Waals surface area contributed by atoms with Gasteiger partial charge in [-0.15, -0.1) is 0 Å². The maximum absolute atomic E-state index is 4.78. The van der Waals surface area contributed by atoms with Crippen molar-refractivity contribution >= 4 is 0 Å². The minimum atomic E-state index is 0.477. The van der Waals surface area contributed by atoms with Gasteiger partial charge in [0.25, 0.3) is 0 Å². The van der Waals surface area contributed by atoms with Gasteiger partial charge in [-0.05, 0) is 43.4 Å². The Kier molecular flexibility index (Phi) is 3.59. The minimum absolute atomic E-state index is 0.477. The molecule has 2 fully saturated rings. The summed E-state index contributed by atoms with van der Waals surface area (Å²) in [6, 6.07) is 7.19. The van der Waals surface area contributed by atoms with Gasteiger partial charge in [0.15, 0.2) is 0 Å². The van der Waals surface area contributed by atoms with Crippen molar-refractivity contribution < 1.29 is 0 Å². The highest BCUT2D eigenvalue weighted by Crippen LogP contribution is 2.29. The minimum Gasteiger partial charge on any atom is -0.308 e. The molecule has 1 aliphatic carbocycles. The summed E-state index contributed by atoms with van der Waals surface area (Å²) in [4.78, 5) is 7.31. The van der Waals surface area contributed by atoms with Crippen LogP contribution in [0.3, 0.4) is 0 Å². The van der Waals surface area contributed by atoms with Gasteiger partial charge < -0.3 is 5.32 Å². The summed E-state index contributed by atoms with van der Waals surface area (Å²) in [5.74, 6) is 0. The maximum Gasteiger partial charge on any atom is 0.0547 e. The van der Waals surface area contributed by atoms with E-state index in [2.05, 4.69) is 42.3 Å². The molecule has 3 heteroatoms. The molecule has 2 aliphatic rings. The topological polar surface area (TPSA) is 28.2 Å². The molecule has 0 spiro atoms. The third kappa shape index (κ3) is 3.77. The lowest BCUT2D eigenvalue weighted by atomic mass is 9.93. The van der Waals surface area contributed by atoms with Crippen LogP contribution in [0.5, 0.6) is 0 Å². The van der Waals surface area contributed by atoms with E-state index in [1.165, 1.54) is 43.7 Å². The Balaban J connectivity index is 1.56. The lowest BCUT2D eigenvalue weighted by molar-refractivity contribution is 0.281. The molecule has 1 aliphatic heterocycles. The Morgan fingerprint density at radius 2 is 2.11 bits per heavy atom. The normalized spacial score (nSPS) is 22.8. The molecule has 2 heterocycles. The van der Waals surface area contributed by atoms with Crippen molar-refractivity contribution in [3.63, 3.8) is 0 Å². The lowest BCUT2D eigenvalue weighted by Gasteiger charge is -2.19. The van der Waals surface area contributed by atoms with Crippen molar-refractivity contribution in [2.24, 2.45) is 5.41 Å². The Morgan fingerprint density at radius 3 is 2.79 bits per heavy atom. The highest BCUT2D eigenvalue weighted by atomic mass is 15.2. The molecule has 1 saturated carbocycles. The summed E-state index contributed by atoms with van der Waals surface area (Å²) in [7, 11) is 0. The van der Waals surface area contributed by atoms with E-state index in [4.69, 9.17) is 4.98 Å². The first kappa shape index (κ1) is 13.1. The molecule has 0 aromatic carbocycles. The van der Waals surface area contributed by atoms with E-state index in [0.29, 0.717) is 5.41 Å². The fourth-order valence-corrected chi connectivity index (χ4v) is 2.84. The number of hydrogen-bond acceptors (Lipinski definition) is 3. The third-order valence-electron chi connectivity index (χ3n) is 4.16. The zero-order valence-electron chi connectivity index (χ0n) is 12.2. The molecule has 1 saturated heterocycles. The molecule has 0 atom stereocenters. The van der Waals surface area contributed by atoms with Crippen LogP contribution < -0.4 is 5.32 Å². The van der Waals surface area contributed by atoms with Gasteiger partial charge in [-0.2, -0.15) is 0 Å². The molecule has 3 rings (SSSR count). The highest BCUT2D eigenvalue weighted by molar-refractivity contribution is 5.12. The van der Waals surface area contributed by atoms with Crippen molar-refractivity contribution in [1.29, 1.82) is 0 Å². The summed E-state index contributed by atoms with van der Waals surface area (Å²) in [5.41, 5.74) is 2.88. The summed E-state index contributed by atoms with van der Waals surface area (Å²) in [5, 5.41) is 3.53. The second kappa shape index (κ2) is 5.22. The van der Waals surface area contributed by atoms with Crippen LogP contribution in [-0.4, -0.2) is 29.0 Å². The Hall–Kier alpha value is -0.930. The fraction of sp³-hybridized carbons (Fsp3) is 0.688. The van der Waals surface area contributed by atoms with Crippen LogP contribution in [0.15, 0.2) is 18.2 Å². The van der Waals surface area contributed by atoms with Gasteiger partial charge in [-0.25, -0.2) is 0 Å². The number of hydrogen-bond donors (Lipinski definition) is 1. The van der Waals surface area contributed by atoms with Gasteiger partial charge in [-0.1, -0.05) is 19.9 Å². The monoisotopic (exact) mass is 259 g/mol. The molecule has 0 radical (unpaired) electrons. The largest absolute Gasteiger partial charge is 0.308 e. The van der Waals surface area contributed by atoms with E-state index >= 15 is 0 Å². The predicted molar refractivity (Wildman–Crippen MR) is 77.8 cm³/mol. The van der Waals surface area contributed by atoms with Crippen LogP contribution in [0, 0.1) is 5.41 Å². The Labute approximate surface area is 116 Å². The van der Waals surface area contributed by atoms with Crippen LogP contribution in [0.25, 0.3) is 0 Å². The number of rotatable bonds is 5. The first-order chi connectivity index (χ1) is 9.11. The van der Waals surface area contributed by atoms with Crippen LogP contribution in [0.4, 0.5) is 0 Å². The molecular formula is C16H25N3. The summed E-state index contributed by atoms with van der Waals surface area (Å²) in [6.45, 7) is 9.04. The van der Waals surface area contributed by atoms with Crippen molar-refractivity contribution in [3.05, 3.63) is 29.6 Å². The molecule has 1 aromatic rings. The second-order valence-electron chi connectivity index (χ2n) is 6.90. The summed E-state index contributed by atoms with van der Waals surface area (Å²) < 4.78 is 0. The number of nitrogens with one attached hydrogen (secondary N) is 1. The van der Waals surface area contributed by atoms with E-state index in [-0.39, 0.29) is 0 Å². The van der Waals surface area contributed by atoms with Crippen molar-refractivity contribution in [3.8, 4) is 0 Å². The second-order valence-corrected chi connectivity index (χ2v) is 6.90. The smallest absolute Gasteiger partial charge is 0.0547 e. The van der Waals surface area contributed by atoms with Crippen molar-refractivity contribution in [1.82, 2.24) is 15.2 Å². The van der Waals surface area contributed by atoms with Crippen LogP contribution in [-0.2, 0) is 13.1 Å². The number of aromatic nitrogens is 1. The van der Waals surface area contributed by atoms with Gasteiger partial charge in [0.05, 0.1) is 11.4 Å². The van der Waals surface area contributed by atoms with Gasteiger partial charge in [0, 0.05) is 25.7 Å². The quantitative estimate of drug-likeness (QED) is 0.881. The van der Waals surface area contributed by atoms with E-state index in [9.17, 15) is 0 Å². The molecular weight excluding hydrogens is 234 g/mol. The SMILES string of the molecule is CC1(C)CCN(Cc2cccc(CNC3CC3)n2)C1. The molecule has 1 aromatic heterocycles. The zero-order chi connectivity index (χ0) is 13.3. The average Bonchev–Trinajstić information content (AvgIpc) is 3.13. The molecule has 19 heavy (non-hydrogen) atoms. The first-order valence-corrected chi connectivity index (χ1v) is 7.51. The molecule has 0 unspecified atom stereocenters. The van der Waals surface area contributed by atoms with Gasteiger partial charge in [-0.3, -0.25) is 9.88 Å². The summed E-state index contributed by atoms with van der Waals surface area (Å²) >= 11 is 0. The Morgan fingerprint density at radius 1 is 1.32 bits per heavy atom. The number of nitrogens with zero attached hydrogens (tertiary/aromatic N) is 2. The maximum atomic E-state index is 4.78. The standard InChI is InChI=1S/C16H25N3/c1-16(2)8-9-19(12-16)11-15-5-3-4-14(18-15)10-17-13-6-7-13/h3-5,13,17H,6-12H2,1-2H3. The first-order valence-electron chi connectivity index (χ1n) is 7.51. The van der Waals surface area contributed by atoms with E-state index < -0.39 is 0 Å². The molecule has 0 amide bonds. The lowest BCUT2D eigenvalue weighted by Crippen LogP contribution is -2.24. The van der Waals surface area contributed by atoms with Crippen LogP contribution in [0.2, 0.25) is 0 Å². The fourth-order valence-electron chi connectivity index (χ4n) is 2.84. The zero-order valence-corrected chi connectivity index (χ0v) is 12.2. The van der Waals surface area contributed by atoms with Crippen molar-refractivity contribution in [2.75, 3.05) is 13.1 Å². The third-order valence-corrected chi connectivity index (χ3v) is 4.16. The number of pyridine rings is 1. The van der Waals surface area contributed by atoms with Gasteiger partial charge >= 0.3 is 0 Å².